The van der Waals surface area contributed by atoms with E-state index >= 15 is 0 Å². The fourth-order valence-electron chi connectivity index (χ4n) is 3.69. The Bertz CT molecular complexity index is 571. The van der Waals surface area contributed by atoms with Crippen molar-refractivity contribution in [3.05, 3.63) is 0 Å². The van der Waals surface area contributed by atoms with E-state index in [-0.39, 0.29) is 6.61 Å². The monoisotopic (exact) mass is 485 g/mol. The molecule has 2 aliphatic heterocycles. The Labute approximate surface area is 191 Å². The molecule has 0 aromatic carbocycles. The van der Waals surface area contributed by atoms with Crippen molar-refractivity contribution in [2.75, 3.05) is 25.6 Å². The summed E-state index contributed by atoms with van der Waals surface area (Å²) < 4.78 is 22.5. The molecule has 2 rings (SSSR count). The Kier molecular flexibility index (Phi) is 11.5. The van der Waals surface area contributed by atoms with Gasteiger partial charge in [0.2, 0.25) is 5.91 Å². The molecule has 2 aliphatic rings. The van der Waals surface area contributed by atoms with Crippen molar-refractivity contribution in [3.8, 4) is 0 Å². The lowest BCUT2D eigenvalue weighted by atomic mass is 9.95. The predicted molar refractivity (Wildman–Crippen MR) is 112 cm³/mol. The first kappa shape index (κ1) is 27.7. The number of carbonyl (C=O) groups excluding carboxylic acids is 1. The van der Waals surface area contributed by atoms with Gasteiger partial charge in [0.25, 0.3) is 0 Å². The van der Waals surface area contributed by atoms with Crippen LogP contribution in [0.1, 0.15) is 26.2 Å². The van der Waals surface area contributed by atoms with Crippen molar-refractivity contribution in [1.29, 1.82) is 0 Å². The summed E-state index contributed by atoms with van der Waals surface area (Å²) in [5, 5.41) is 62.6. The molecule has 0 aromatic rings. The van der Waals surface area contributed by atoms with E-state index in [4.69, 9.17) is 18.9 Å². The molecule has 0 bridgehead atoms. The van der Waals surface area contributed by atoms with Gasteiger partial charge >= 0.3 is 0 Å². The molecule has 10 unspecified atom stereocenters. The zero-order valence-corrected chi connectivity index (χ0v) is 18.8. The molecule has 2 fully saturated rings. The lowest BCUT2D eigenvalue weighted by Gasteiger charge is -2.47. The maximum atomic E-state index is 11.8. The standard InChI is InChI=1S/C19H35NO11S/c1-9(23)20-12-17(31-19-16(27)15(26)13(24)10(7-21)30-19)14(25)11(8-22)29-18(12)28-5-3-2-4-6-32/h10-19,21-22,24-27,32H,2-8H2,1H3,(H,20,23). The third-order valence-electron chi connectivity index (χ3n) is 5.45. The van der Waals surface area contributed by atoms with E-state index in [9.17, 15) is 35.4 Å². The fraction of sp³-hybridized carbons (Fsp3) is 0.947. The average molecular weight is 486 g/mol. The van der Waals surface area contributed by atoms with Crippen molar-refractivity contribution >= 4 is 18.5 Å². The summed E-state index contributed by atoms with van der Waals surface area (Å²) in [6.45, 7) is 0.282. The van der Waals surface area contributed by atoms with E-state index in [1.54, 1.807) is 0 Å². The number of amides is 1. The second-order valence-electron chi connectivity index (χ2n) is 7.90. The zero-order valence-electron chi connectivity index (χ0n) is 17.9. The van der Waals surface area contributed by atoms with Gasteiger partial charge in [-0.2, -0.15) is 12.6 Å². The Morgan fingerprint density at radius 3 is 2.12 bits per heavy atom. The average Bonchev–Trinajstić information content (AvgIpc) is 2.76. The van der Waals surface area contributed by atoms with Crippen LogP contribution in [-0.2, 0) is 23.7 Å². The van der Waals surface area contributed by atoms with Crippen LogP contribution in [0.3, 0.4) is 0 Å². The highest BCUT2D eigenvalue weighted by molar-refractivity contribution is 7.80. The molecule has 0 aliphatic carbocycles. The third kappa shape index (κ3) is 6.96. The molecule has 13 heteroatoms. The van der Waals surface area contributed by atoms with Crippen molar-refractivity contribution in [2.45, 2.75) is 87.5 Å². The van der Waals surface area contributed by atoms with Crippen molar-refractivity contribution < 1.29 is 54.4 Å². The predicted octanol–water partition coefficient (Wildman–Crippen LogP) is -3.13. The molecule has 2 saturated heterocycles. The van der Waals surface area contributed by atoms with Gasteiger partial charge in [-0.25, -0.2) is 0 Å². The van der Waals surface area contributed by atoms with Crippen molar-refractivity contribution in [1.82, 2.24) is 5.32 Å². The number of carbonyl (C=O) groups is 1. The van der Waals surface area contributed by atoms with E-state index in [2.05, 4.69) is 17.9 Å². The summed E-state index contributed by atoms with van der Waals surface area (Å²) in [5.41, 5.74) is 0. The summed E-state index contributed by atoms with van der Waals surface area (Å²) in [6.07, 6.45) is -10.3. The van der Waals surface area contributed by atoms with Crippen LogP contribution in [0.4, 0.5) is 0 Å². The maximum absolute atomic E-state index is 11.8. The molecule has 0 spiro atoms. The molecule has 2 heterocycles. The normalized spacial score (nSPS) is 40.2. The largest absolute Gasteiger partial charge is 0.394 e. The van der Waals surface area contributed by atoms with Gasteiger partial charge in [0, 0.05) is 13.5 Å². The Balaban J connectivity index is 2.19. The van der Waals surface area contributed by atoms with Crippen LogP contribution in [0.25, 0.3) is 0 Å². The minimum absolute atomic E-state index is 0.273. The number of hydrogen-bond acceptors (Lipinski definition) is 12. The summed E-state index contributed by atoms with van der Waals surface area (Å²) in [7, 11) is 0. The summed E-state index contributed by atoms with van der Waals surface area (Å²) in [6, 6.07) is -1.05. The SMILES string of the molecule is CC(=O)NC1C(OCCCCCS)OC(CO)C(O)C1OC1OC(CO)C(O)C(O)C1O. The minimum Gasteiger partial charge on any atom is -0.394 e. The first-order valence-corrected chi connectivity index (χ1v) is 11.3. The van der Waals surface area contributed by atoms with Gasteiger partial charge in [-0.05, 0) is 18.6 Å². The lowest BCUT2D eigenvalue weighted by molar-refractivity contribution is -0.344. The molecule has 0 radical (unpaired) electrons. The number of nitrogens with one attached hydrogen (secondary N) is 1. The molecular formula is C19H35NO11S. The highest BCUT2D eigenvalue weighted by Gasteiger charge is 2.51. The molecule has 7 N–H and O–H groups in total. The highest BCUT2D eigenvalue weighted by atomic mass is 32.1. The third-order valence-corrected chi connectivity index (χ3v) is 5.76. The second kappa shape index (κ2) is 13.3. The number of aliphatic hydroxyl groups excluding tert-OH is 6. The van der Waals surface area contributed by atoms with Crippen LogP contribution in [0.2, 0.25) is 0 Å². The Morgan fingerprint density at radius 2 is 1.53 bits per heavy atom. The van der Waals surface area contributed by atoms with Gasteiger partial charge in [-0.15, -0.1) is 0 Å². The van der Waals surface area contributed by atoms with Gasteiger partial charge < -0.3 is 54.9 Å². The number of aliphatic hydroxyl groups is 6. The topological polar surface area (TPSA) is 187 Å². The number of ether oxygens (including phenoxy) is 4. The number of thiol groups is 1. The summed E-state index contributed by atoms with van der Waals surface area (Å²) in [5.74, 6) is 0.265. The molecule has 12 nitrogen and oxygen atoms in total. The van der Waals surface area contributed by atoms with Gasteiger partial charge in [0.05, 0.1) is 13.2 Å². The fourth-order valence-corrected chi connectivity index (χ4v) is 3.91. The second-order valence-corrected chi connectivity index (χ2v) is 8.34. The lowest BCUT2D eigenvalue weighted by Crippen LogP contribution is -2.68. The molecule has 188 valence electrons. The first-order chi connectivity index (χ1) is 15.2. The van der Waals surface area contributed by atoms with Gasteiger partial charge in [-0.3, -0.25) is 4.79 Å². The molecule has 1 amide bonds. The highest BCUT2D eigenvalue weighted by Crippen LogP contribution is 2.29. The van der Waals surface area contributed by atoms with Gasteiger partial charge in [0.15, 0.2) is 12.6 Å². The van der Waals surface area contributed by atoms with Gasteiger partial charge in [0.1, 0.15) is 48.8 Å². The maximum Gasteiger partial charge on any atom is 0.217 e. The van der Waals surface area contributed by atoms with E-state index in [0.717, 1.165) is 18.6 Å². The molecular weight excluding hydrogens is 450 g/mol. The van der Waals surface area contributed by atoms with E-state index in [0.29, 0.717) is 6.42 Å². The molecule has 0 saturated carbocycles. The minimum atomic E-state index is -1.71. The van der Waals surface area contributed by atoms with Crippen molar-refractivity contribution in [3.63, 3.8) is 0 Å². The Morgan fingerprint density at radius 1 is 0.906 bits per heavy atom. The molecule has 32 heavy (non-hydrogen) atoms. The number of unbranched alkanes of at least 4 members (excludes halogenated alkanes) is 2. The van der Waals surface area contributed by atoms with E-state index in [1.807, 2.05) is 0 Å². The quantitative estimate of drug-likeness (QED) is 0.109. The van der Waals surface area contributed by atoms with Crippen molar-refractivity contribution in [2.24, 2.45) is 0 Å². The number of hydrogen-bond donors (Lipinski definition) is 8. The van der Waals surface area contributed by atoms with Crippen LogP contribution < -0.4 is 5.32 Å². The van der Waals surface area contributed by atoms with E-state index < -0.39 is 80.5 Å². The Hall–Kier alpha value is -0.580. The van der Waals surface area contributed by atoms with E-state index in [1.165, 1.54) is 6.92 Å². The van der Waals surface area contributed by atoms with Crippen LogP contribution >= 0.6 is 12.6 Å². The van der Waals surface area contributed by atoms with Crippen LogP contribution in [0, 0.1) is 0 Å². The smallest absolute Gasteiger partial charge is 0.217 e. The van der Waals surface area contributed by atoms with Gasteiger partial charge in [-0.1, -0.05) is 6.42 Å². The molecule has 10 atom stereocenters. The van der Waals surface area contributed by atoms with Crippen LogP contribution in [0.15, 0.2) is 0 Å². The summed E-state index contributed by atoms with van der Waals surface area (Å²) >= 11 is 4.15. The van der Waals surface area contributed by atoms with Crippen LogP contribution in [0.5, 0.6) is 0 Å². The summed E-state index contributed by atoms with van der Waals surface area (Å²) in [4.78, 5) is 11.8. The number of rotatable bonds is 11. The zero-order chi connectivity index (χ0) is 23.8. The first-order valence-electron chi connectivity index (χ1n) is 10.6. The van der Waals surface area contributed by atoms with Crippen LogP contribution in [-0.4, -0.2) is 123 Å². The molecule has 0 aromatic heterocycles.